The van der Waals surface area contributed by atoms with E-state index < -0.39 is 59.4 Å². The molecule has 1 aliphatic heterocycles. The van der Waals surface area contributed by atoms with E-state index >= 15 is 0 Å². The van der Waals surface area contributed by atoms with Crippen molar-refractivity contribution in [1.29, 1.82) is 0 Å². The summed E-state index contributed by atoms with van der Waals surface area (Å²) in [4.78, 5) is 85.6. The fraction of sp³-hybridized carbons (Fsp3) is 0.583. The van der Waals surface area contributed by atoms with Crippen LogP contribution in [-0.2, 0) is 57.6 Å². The lowest BCUT2D eigenvalue weighted by Gasteiger charge is -2.32. The minimum atomic E-state index is -1.68. The average molecular weight is 903 g/mol. The maximum absolute atomic E-state index is 14.4. The number of benzene rings is 2. The molecule has 4 N–H and O–H groups in total. The lowest BCUT2D eigenvalue weighted by atomic mass is 9.87. The number of rotatable bonds is 25. The SMILES string of the molecule is CCC(C)(OC(=O)OCc1cn(C(C)C)nn1)C(=O)[C@H](CC(C)C)NC(=O)[C@H](Cc1ccccc1)NC(=O)[C@H](CC(C)C)NC(=O)[C@H](CCc1ccccc1)NC(=O)CN1CCOCC1. The number of nitrogens with one attached hydrogen (secondary N) is 4. The van der Waals surface area contributed by atoms with Gasteiger partial charge in [-0.3, -0.25) is 28.9 Å². The summed E-state index contributed by atoms with van der Waals surface area (Å²) in [6, 6.07) is 14.5. The van der Waals surface area contributed by atoms with E-state index in [-0.39, 0.29) is 69.0 Å². The Kier molecular flexibility index (Phi) is 20.6. The molecule has 1 aliphatic rings. The first-order chi connectivity index (χ1) is 31.0. The maximum atomic E-state index is 14.4. The predicted molar refractivity (Wildman–Crippen MR) is 244 cm³/mol. The van der Waals surface area contributed by atoms with Gasteiger partial charge in [0.2, 0.25) is 23.6 Å². The van der Waals surface area contributed by atoms with E-state index in [2.05, 4.69) is 31.6 Å². The molecule has 17 heteroatoms. The van der Waals surface area contributed by atoms with Crippen LogP contribution in [0.3, 0.4) is 0 Å². The molecule has 2 heterocycles. The normalized spacial score (nSPS) is 15.9. The smallest absolute Gasteiger partial charge is 0.428 e. The number of carbonyl (C=O) groups is 6. The Morgan fingerprint density at radius 1 is 0.738 bits per heavy atom. The Balaban J connectivity index is 1.53. The first kappa shape index (κ1) is 51.9. The van der Waals surface area contributed by atoms with E-state index in [1.165, 1.54) is 6.92 Å². The average Bonchev–Trinajstić information content (AvgIpc) is 3.76. The van der Waals surface area contributed by atoms with Crippen LogP contribution in [-0.4, -0.2) is 118 Å². The zero-order valence-electron chi connectivity index (χ0n) is 39.3. The van der Waals surface area contributed by atoms with E-state index in [1.54, 1.807) is 17.8 Å². The molecule has 1 saturated heterocycles. The molecule has 1 fully saturated rings. The van der Waals surface area contributed by atoms with Gasteiger partial charge in [-0.25, -0.2) is 9.48 Å². The highest BCUT2D eigenvalue weighted by atomic mass is 16.7. The Morgan fingerprint density at radius 3 is 1.88 bits per heavy atom. The Morgan fingerprint density at radius 2 is 1.29 bits per heavy atom. The highest BCUT2D eigenvalue weighted by Crippen LogP contribution is 2.23. The zero-order valence-corrected chi connectivity index (χ0v) is 39.3. The summed E-state index contributed by atoms with van der Waals surface area (Å²) < 4.78 is 18.0. The van der Waals surface area contributed by atoms with Gasteiger partial charge in [0, 0.05) is 25.6 Å². The number of ketones is 1. The zero-order chi connectivity index (χ0) is 47.5. The predicted octanol–water partition coefficient (Wildman–Crippen LogP) is 4.49. The van der Waals surface area contributed by atoms with Crippen molar-refractivity contribution < 1.29 is 43.0 Å². The first-order valence-corrected chi connectivity index (χ1v) is 22.8. The van der Waals surface area contributed by atoms with E-state index in [1.807, 2.05) is 107 Å². The van der Waals surface area contributed by atoms with Crippen LogP contribution in [0.5, 0.6) is 0 Å². The van der Waals surface area contributed by atoms with Crippen molar-refractivity contribution in [1.82, 2.24) is 41.2 Å². The van der Waals surface area contributed by atoms with Gasteiger partial charge >= 0.3 is 6.16 Å². The molecule has 17 nitrogen and oxygen atoms in total. The van der Waals surface area contributed by atoms with Gasteiger partial charge in [-0.15, -0.1) is 5.10 Å². The van der Waals surface area contributed by atoms with Crippen LogP contribution >= 0.6 is 0 Å². The Labute approximate surface area is 383 Å². The van der Waals surface area contributed by atoms with Gasteiger partial charge in [-0.2, -0.15) is 0 Å². The Bertz CT molecular complexity index is 1990. The molecule has 5 atom stereocenters. The molecule has 0 bridgehead atoms. The fourth-order valence-electron chi connectivity index (χ4n) is 7.35. The lowest BCUT2D eigenvalue weighted by molar-refractivity contribution is -0.144. The topological polar surface area (TPSA) is 212 Å². The first-order valence-electron chi connectivity index (χ1n) is 22.8. The molecule has 2 aromatic carbocycles. The van der Waals surface area contributed by atoms with Crippen LogP contribution in [0.2, 0.25) is 0 Å². The monoisotopic (exact) mass is 903 g/mol. The molecule has 1 aromatic heterocycles. The summed E-state index contributed by atoms with van der Waals surface area (Å²) in [5.74, 6) is -2.75. The third kappa shape index (κ3) is 17.3. The molecule has 356 valence electrons. The minimum Gasteiger partial charge on any atom is -0.428 e. The molecular formula is C48H70N8O9. The third-order valence-corrected chi connectivity index (χ3v) is 11.2. The van der Waals surface area contributed by atoms with Crippen LogP contribution in [0.15, 0.2) is 66.9 Å². The number of morpholine rings is 1. The number of hydrogen-bond donors (Lipinski definition) is 4. The van der Waals surface area contributed by atoms with Crippen molar-refractivity contribution in [3.8, 4) is 0 Å². The number of ether oxygens (including phenoxy) is 3. The molecular weight excluding hydrogens is 833 g/mol. The van der Waals surface area contributed by atoms with Gasteiger partial charge in [0.15, 0.2) is 11.4 Å². The van der Waals surface area contributed by atoms with Gasteiger partial charge in [0.1, 0.15) is 30.4 Å². The largest absolute Gasteiger partial charge is 0.509 e. The summed E-state index contributed by atoms with van der Waals surface area (Å²) in [7, 11) is 0. The number of Topliss-reactive ketones (excluding diaryl/α,β-unsaturated/α-hetero) is 1. The van der Waals surface area contributed by atoms with Crippen LogP contribution in [0, 0.1) is 11.8 Å². The molecule has 3 aromatic rings. The van der Waals surface area contributed by atoms with Crippen LogP contribution < -0.4 is 21.3 Å². The van der Waals surface area contributed by atoms with E-state index in [0.29, 0.717) is 38.4 Å². The fourth-order valence-corrected chi connectivity index (χ4v) is 7.35. The molecule has 0 spiro atoms. The highest BCUT2D eigenvalue weighted by molar-refractivity contribution is 5.98. The summed E-state index contributed by atoms with van der Waals surface area (Å²) >= 11 is 0. The second-order valence-corrected chi connectivity index (χ2v) is 18.0. The minimum absolute atomic E-state index is 0.0494. The van der Waals surface area contributed by atoms with E-state index in [4.69, 9.17) is 14.2 Å². The van der Waals surface area contributed by atoms with E-state index in [9.17, 15) is 28.8 Å². The molecule has 1 unspecified atom stereocenters. The van der Waals surface area contributed by atoms with Crippen molar-refractivity contribution in [2.45, 2.75) is 136 Å². The highest BCUT2D eigenvalue weighted by Gasteiger charge is 2.42. The summed E-state index contributed by atoms with van der Waals surface area (Å²) in [6.45, 7) is 16.8. The van der Waals surface area contributed by atoms with Gasteiger partial charge in [-0.1, -0.05) is 100 Å². The van der Waals surface area contributed by atoms with Gasteiger partial charge in [-0.05, 0) is 75.8 Å². The van der Waals surface area contributed by atoms with Crippen molar-refractivity contribution in [2.24, 2.45) is 11.8 Å². The van der Waals surface area contributed by atoms with Gasteiger partial charge in [0.25, 0.3) is 0 Å². The van der Waals surface area contributed by atoms with Crippen molar-refractivity contribution in [3.63, 3.8) is 0 Å². The van der Waals surface area contributed by atoms with Gasteiger partial charge < -0.3 is 35.5 Å². The second kappa shape index (κ2) is 25.7. The van der Waals surface area contributed by atoms with Crippen molar-refractivity contribution in [2.75, 3.05) is 32.8 Å². The molecule has 4 amide bonds. The molecule has 65 heavy (non-hydrogen) atoms. The third-order valence-electron chi connectivity index (χ3n) is 11.2. The van der Waals surface area contributed by atoms with Gasteiger partial charge in [0.05, 0.1) is 32.0 Å². The quantitative estimate of drug-likeness (QED) is 0.0867. The van der Waals surface area contributed by atoms with Crippen LogP contribution in [0.4, 0.5) is 4.79 Å². The number of amides is 4. The molecule has 4 rings (SSSR count). The lowest BCUT2D eigenvalue weighted by Crippen LogP contribution is -2.60. The van der Waals surface area contributed by atoms with E-state index in [0.717, 1.165) is 11.1 Å². The molecule has 0 saturated carbocycles. The summed E-state index contributed by atoms with van der Waals surface area (Å²) in [5.41, 5.74) is 0.452. The van der Waals surface area contributed by atoms with Crippen molar-refractivity contribution >= 4 is 35.6 Å². The summed E-state index contributed by atoms with van der Waals surface area (Å²) in [6.07, 6.45) is 1.93. The second-order valence-electron chi connectivity index (χ2n) is 18.0. The number of carbonyl (C=O) groups excluding carboxylic acids is 6. The maximum Gasteiger partial charge on any atom is 0.509 e. The van der Waals surface area contributed by atoms with Crippen LogP contribution in [0.1, 0.15) is 104 Å². The number of aromatic nitrogens is 3. The number of nitrogens with zero attached hydrogens (tertiary/aromatic N) is 4. The Hall–Kier alpha value is -5.68. The summed E-state index contributed by atoms with van der Waals surface area (Å²) in [5, 5.41) is 19.6. The van der Waals surface area contributed by atoms with Crippen LogP contribution in [0.25, 0.3) is 0 Å². The molecule has 0 aliphatic carbocycles. The standard InChI is InChI=1S/C48H70N8O9/c1-9-48(8,65-47(62)64-31-37-29-56(34(6)7)54-53-37)43(58)39(26-32(2)3)50-46(61)41(28-36-18-14-11-15-19-36)52-45(60)40(27-33(4)5)51-44(59)38(21-20-35-16-12-10-13-17-35)49-42(57)30-55-22-24-63-25-23-55/h10-19,29,32-34,38-41H,9,20-28,30-31H2,1-8H3,(H,49,57)(H,50,61)(H,51,59)(H,52,60)/t38-,39-,40-,41-,48?/m0/s1. The molecule has 0 radical (unpaired) electrons. The number of aryl methyl sites for hydroxylation is 1. The number of hydrogen-bond acceptors (Lipinski definition) is 12. The van der Waals surface area contributed by atoms with Crippen molar-refractivity contribution in [3.05, 3.63) is 83.7 Å².